The van der Waals surface area contributed by atoms with Crippen LogP contribution in [0.2, 0.25) is 0 Å². The number of para-hydroxylation sites is 1. The minimum atomic E-state index is -0.188. The molecular weight excluding hydrogens is 384 g/mol. The number of hydrogen-bond donors (Lipinski definition) is 1. The maximum absolute atomic E-state index is 12.1. The fraction of sp³-hybridized carbons (Fsp3) is 0.522. The third kappa shape index (κ3) is 4.47. The minimum absolute atomic E-state index is 0.0605. The maximum Gasteiger partial charge on any atom is 0.287 e. The average molecular weight is 415 g/mol. The van der Waals surface area contributed by atoms with Crippen molar-refractivity contribution in [1.82, 2.24) is 10.2 Å². The molecule has 0 bridgehead atoms. The minimum Gasteiger partial charge on any atom is -0.493 e. The zero-order valence-electron chi connectivity index (χ0n) is 17.7. The summed E-state index contributed by atoms with van der Waals surface area (Å²) in [6.07, 6.45) is 5.59. The Morgan fingerprint density at radius 3 is 2.70 bits per heavy atom. The second-order valence-electron chi connectivity index (χ2n) is 8.08. The fourth-order valence-corrected chi connectivity index (χ4v) is 4.55. The topological polar surface area (TPSA) is 73.2 Å². The third-order valence-corrected chi connectivity index (χ3v) is 6.22. The molecule has 1 aromatic carbocycles. The van der Waals surface area contributed by atoms with Gasteiger partial charge in [0.2, 0.25) is 0 Å². The van der Waals surface area contributed by atoms with E-state index in [0.717, 1.165) is 62.4 Å². The summed E-state index contributed by atoms with van der Waals surface area (Å²) in [4.78, 5) is 14.5. The van der Waals surface area contributed by atoms with Crippen LogP contribution in [0.15, 0.2) is 41.0 Å². The lowest BCUT2D eigenvalue weighted by Gasteiger charge is -2.39. The average Bonchev–Trinajstić information content (AvgIpc) is 3.44. The molecule has 1 amide bonds. The molecule has 1 atom stereocenters. The smallest absolute Gasteiger partial charge is 0.287 e. The van der Waals surface area contributed by atoms with E-state index in [1.54, 1.807) is 26.4 Å². The van der Waals surface area contributed by atoms with Crippen molar-refractivity contribution in [2.45, 2.75) is 43.9 Å². The number of likely N-dealkylation sites (tertiary alicyclic amines) is 1. The second kappa shape index (κ2) is 9.10. The number of hydrogen-bond acceptors (Lipinski definition) is 6. The van der Waals surface area contributed by atoms with Gasteiger partial charge in [0.05, 0.1) is 32.2 Å². The van der Waals surface area contributed by atoms with Crippen molar-refractivity contribution < 1.29 is 23.4 Å². The molecule has 7 heteroatoms. The number of nitrogens with zero attached hydrogens (tertiary/aromatic N) is 1. The van der Waals surface area contributed by atoms with Gasteiger partial charge in [-0.1, -0.05) is 12.1 Å². The molecule has 0 saturated carbocycles. The fourth-order valence-electron chi connectivity index (χ4n) is 4.55. The zero-order valence-corrected chi connectivity index (χ0v) is 17.7. The second-order valence-corrected chi connectivity index (χ2v) is 8.08. The number of amides is 1. The first kappa shape index (κ1) is 20.8. The first-order valence-electron chi connectivity index (χ1n) is 10.5. The molecule has 1 unspecified atom stereocenters. The molecule has 7 nitrogen and oxygen atoms in total. The van der Waals surface area contributed by atoms with Crippen LogP contribution in [0, 0.1) is 0 Å². The van der Waals surface area contributed by atoms with E-state index < -0.39 is 0 Å². The van der Waals surface area contributed by atoms with Crippen LogP contribution in [-0.2, 0) is 11.3 Å². The van der Waals surface area contributed by atoms with E-state index in [1.807, 2.05) is 12.1 Å². The predicted octanol–water partition coefficient (Wildman–Crippen LogP) is 3.24. The van der Waals surface area contributed by atoms with Crippen LogP contribution in [0.4, 0.5) is 0 Å². The number of rotatable bonds is 7. The van der Waals surface area contributed by atoms with E-state index in [4.69, 9.17) is 18.6 Å². The lowest BCUT2D eigenvalue weighted by Crippen LogP contribution is -2.44. The standard InChI is InChI=1S/C23H30N2O5/c1-27-19-6-3-5-17(21(19)28-2)16-25-12-10-23(11-13-25)9-8-18(30-23)15-24-22(26)20-7-4-14-29-20/h3-7,14,18H,8-13,15-16H2,1-2H3,(H,24,26). The van der Waals surface area contributed by atoms with E-state index in [9.17, 15) is 4.79 Å². The molecule has 2 aliphatic heterocycles. The zero-order chi connectivity index (χ0) is 21.0. The van der Waals surface area contributed by atoms with Crippen LogP contribution in [-0.4, -0.2) is 56.4 Å². The molecule has 1 spiro atoms. The van der Waals surface area contributed by atoms with E-state index in [-0.39, 0.29) is 17.6 Å². The van der Waals surface area contributed by atoms with Gasteiger partial charge in [0, 0.05) is 31.7 Å². The van der Waals surface area contributed by atoms with Crippen molar-refractivity contribution in [3.05, 3.63) is 47.9 Å². The molecule has 0 radical (unpaired) electrons. The van der Waals surface area contributed by atoms with Gasteiger partial charge in [0.1, 0.15) is 0 Å². The molecule has 2 fully saturated rings. The lowest BCUT2D eigenvalue weighted by atomic mass is 9.88. The van der Waals surface area contributed by atoms with Gasteiger partial charge in [-0.2, -0.15) is 0 Å². The first-order chi connectivity index (χ1) is 14.6. The van der Waals surface area contributed by atoms with Crippen LogP contribution in [0.1, 0.15) is 41.8 Å². The summed E-state index contributed by atoms with van der Waals surface area (Å²) in [5.74, 6) is 1.72. The van der Waals surface area contributed by atoms with Gasteiger partial charge >= 0.3 is 0 Å². The Balaban J connectivity index is 1.27. The number of carbonyl (C=O) groups is 1. The molecule has 0 aliphatic carbocycles. The quantitative estimate of drug-likeness (QED) is 0.750. The summed E-state index contributed by atoms with van der Waals surface area (Å²) in [7, 11) is 3.35. The number of piperidine rings is 1. The summed E-state index contributed by atoms with van der Waals surface area (Å²) in [5.41, 5.74) is 1.08. The van der Waals surface area contributed by atoms with Crippen LogP contribution >= 0.6 is 0 Å². The Morgan fingerprint density at radius 1 is 1.17 bits per heavy atom. The number of furan rings is 1. The first-order valence-corrected chi connectivity index (χ1v) is 10.5. The van der Waals surface area contributed by atoms with Crippen LogP contribution in [0.25, 0.3) is 0 Å². The van der Waals surface area contributed by atoms with Gasteiger partial charge in [0.25, 0.3) is 5.91 Å². The monoisotopic (exact) mass is 414 g/mol. The number of ether oxygens (including phenoxy) is 3. The highest BCUT2D eigenvalue weighted by Gasteiger charge is 2.42. The van der Waals surface area contributed by atoms with Crippen molar-refractivity contribution in [2.24, 2.45) is 0 Å². The van der Waals surface area contributed by atoms with Crippen molar-refractivity contribution in [2.75, 3.05) is 33.9 Å². The van der Waals surface area contributed by atoms with E-state index in [0.29, 0.717) is 12.3 Å². The van der Waals surface area contributed by atoms with Gasteiger partial charge in [-0.3, -0.25) is 9.69 Å². The molecular formula is C23H30N2O5. The highest BCUT2D eigenvalue weighted by Crippen LogP contribution is 2.39. The largest absolute Gasteiger partial charge is 0.493 e. The van der Waals surface area contributed by atoms with Crippen molar-refractivity contribution in [1.29, 1.82) is 0 Å². The highest BCUT2D eigenvalue weighted by atomic mass is 16.5. The van der Waals surface area contributed by atoms with Crippen molar-refractivity contribution in [3.63, 3.8) is 0 Å². The Labute approximate surface area is 177 Å². The Bertz CT molecular complexity index is 843. The van der Waals surface area contributed by atoms with Crippen molar-refractivity contribution >= 4 is 5.91 Å². The highest BCUT2D eigenvalue weighted by molar-refractivity contribution is 5.91. The SMILES string of the molecule is COc1cccc(CN2CCC3(CCC(CNC(=O)c4ccco4)O3)CC2)c1OC. The van der Waals surface area contributed by atoms with Gasteiger partial charge in [-0.25, -0.2) is 0 Å². The Hall–Kier alpha value is -2.51. The molecule has 162 valence electrons. The molecule has 30 heavy (non-hydrogen) atoms. The van der Waals surface area contributed by atoms with Gasteiger partial charge in [0.15, 0.2) is 17.3 Å². The van der Waals surface area contributed by atoms with Crippen molar-refractivity contribution in [3.8, 4) is 11.5 Å². The Kier molecular flexibility index (Phi) is 6.29. The number of nitrogens with one attached hydrogen (secondary N) is 1. The summed E-state index contributed by atoms with van der Waals surface area (Å²) < 4.78 is 22.5. The predicted molar refractivity (Wildman–Crippen MR) is 112 cm³/mol. The molecule has 2 aromatic rings. The lowest BCUT2D eigenvalue weighted by molar-refractivity contribution is -0.0765. The van der Waals surface area contributed by atoms with Gasteiger partial charge < -0.3 is 23.9 Å². The van der Waals surface area contributed by atoms with E-state index in [1.165, 1.54) is 6.26 Å². The molecule has 2 aliphatic rings. The summed E-state index contributed by atoms with van der Waals surface area (Å²) in [5, 5.41) is 2.92. The maximum atomic E-state index is 12.1. The third-order valence-electron chi connectivity index (χ3n) is 6.22. The van der Waals surface area contributed by atoms with E-state index in [2.05, 4.69) is 16.3 Å². The van der Waals surface area contributed by atoms with E-state index >= 15 is 0 Å². The number of carbonyl (C=O) groups excluding carboxylic acids is 1. The normalized spacial score (nSPS) is 20.9. The number of methoxy groups -OCH3 is 2. The molecule has 1 aromatic heterocycles. The summed E-state index contributed by atoms with van der Waals surface area (Å²) >= 11 is 0. The van der Waals surface area contributed by atoms with Gasteiger partial charge in [-0.15, -0.1) is 0 Å². The molecule has 4 rings (SSSR count). The molecule has 3 heterocycles. The molecule has 2 saturated heterocycles. The Morgan fingerprint density at radius 2 is 2.00 bits per heavy atom. The van der Waals surface area contributed by atoms with Crippen LogP contribution < -0.4 is 14.8 Å². The summed E-state index contributed by atoms with van der Waals surface area (Å²) in [6.45, 7) is 3.31. The number of benzene rings is 1. The summed E-state index contributed by atoms with van der Waals surface area (Å²) in [6, 6.07) is 9.40. The molecule has 1 N–H and O–H groups in total. The van der Waals surface area contributed by atoms with Crippen LogP contribution in [0.5, 0.6) is 11.5 Å². The van der Waals surface area contributed by atoms with Crippen LogP contribution in [0.3, 0.4) is 0 Å². The van der Waals surface area contributed by atoms with Gasteiger partial charge in [-0.05, 0) is 43.9 Å².